The maximum Gasteiger partial charge on any atom is 0.243 e. The summed E-state index contributed by atoms with van der Waals surface area (Å²) in [6.07, 6.45) is 4.90. The van der Waals surface area contributed by atoms with Gasteiger partial charge in [0.25, 0.3) is 0 Å². The van der Waals surface area contributed by atoms with Gasteiger partial charge in [-0.15, -0.1) is 0 Å². The van der Waals surface area contributed by atoms with Crippen molar-refractivity contribution in [2.24, 2.45) is 5.84 Å². The van der Waals surface area contributed by atoms with Gasteiger partial charge >= 0.3 is 0 Å². The van der Waals surface area contributed by atoms with E-state index < -0.39 is 0 Å². The van der Waals surface area contributed by atoms with Gasteiger partial charge in [0.2, 0.25) is 17.8 Å². The number of aromatic nitrogens is 3. The lowest BCUT2D eigenvalue weighted by atomic mass is 10.1. The second-order valence-electron chi connectivity index (χ2n) is 5.39. The second kappa shape index (κ2) is 7.94. The summed E-state index contributed by atoms with van der Waals surface area (Å²) in [5.74, 6) is 6.97. The number of hydrogen-bond donors (Lipinski definition) is 4. The van der Waals surface area contributed by atoms with E-state index in [-0.39, 0.29) is 6.10 Å². The van der Waals surface area contributed by atoms with Crippen molar-refractivity contribution < 1.29 is 5.11 Å². The van der Waals surface area contributed by atoms with E-state index in [0.29, 0.717) is 24.4 Å². The third-order valence-electron chi connectivity index (χ3n) is 3.47. The number of hydrazine groups is 1. The average molecular weight is 295 g/mol. The van der Waals surface area contributed by atoms with Gasteiger partial charge in [-0.3, -0.25) is 5.43 Å². The van der Waals surface area contributed by atoms with Crippen LogP contribution in [0.25, 0.3) is 0 Å². The zero-order valence-corrected chi connectivity index (χ0v) is 12.5. The lowest BCUT2D eigenvalue weighted by Crippen LogP contribution is -2.31. The minimum atomic E-state index is -0.282. The Kier molecular flexibility index (Phi) is 5.94. The molecule has 5 N–H and O–H groups in total. The molecule has 0 aromatic carbocycles. The minimum absolute atomic E-state index is 0.282. The Labute approximate surface area is 125 Å². The molecular weight excluding hydrogens is 270 g/mol. The van der Waals surface area contributed by atoms with Crippen molar-refractivity contribution in [2.45, 2.75) is 45.1 Å². The number of aliphatic hydroxyl groups excluding tert-OH is 1. The fraction of sp³-hybridized carbons (Fsp3) is 0.769. The van der Waals surface area contributed by atoms with E-state index in [9.17, 15) is 5.11 Å². The van der Waals surface area contributed by atoms with E-state index in [0.717, 1.165) is 38.8 Å². The van der Waals surface area contributed by atoms with Crippen LogP contribution in [0.4, 0.5) is 17.8 Å². The van der Waals surface area contributed by atoms with Crippen molar-refractivity contribution in [1.82, 2.24) is 15.0 Å². The Hall–Kier alpha value is -1.67. The van der Waals surface area contributed by atoms with Gasteiger partial charge in [0.15, 0.2) is 0 Å². The molecule has 21 heavy (non-hydrogen) atoms. The zero-order chi connectivity index (χ0) is 15.1. The van der Waals surface area contributed by atoms with Crippen LogP contribution in [0.15, 0.2) is 0 Å². The molecule has 0 saturated carbocycles. The summed E-state index contributed by atoms with van der Waals surface area (Å²) in [5.41, 5.74) is 2.49. The van der Waals surface area contributed by atoms with Crippen LogP contribution in [-0.4, -0.2) is 45.8 Å². The molecule has 0 spiro atoms. The monoisotopic (exact) mass is 295 g/mol. The Morgan fingerprint density at radius 1 is 1.19 bits per heavy atom. The highest BCUT2D eigenvalue weighted by Gasteiger charge is 2.15. The lowest BCUT2D eigenvalue weighted by Gasteiger charge is -2.26. The topological polar surface area (TPSA) is 112 Å². The van der Waals surface area contributed by atoms with Crippen LogP contribution in [0.3, 0.4) is 0 Å². The predicted octanol–water partition coefficient (Wildman–Crippen LogP) is 0.720. The molecule has 8 nitrogen and oxygen atoms in total. The van der Waals surface area contributed by atoms with Gasteiger partial charge in [-0.25, -0.2) is 5.84 Å². The third kappa shape index (κ3) is 4.98. The normalized spacial score (nSPS) is 16.6. The van der Waals surface area contributed by atoms with Crippen molar-refractivity contribution in [2.75, 3.05) is 35.3 Å². The number of hydrogen-bond acceptors (Lipinski definition) is 8. The molecule has 1 atom stereocenters. The maximum atomic E-state index is 9.24. The largest absolute Gasteiger partial charge is 0.393 e. The molecule has 1 saturated heterocycles. The molecule has 1 aliphatic rings. The summed E-state index contributed by atoms with van der Waals surface area (Å²) >= 11 is 0. The number of nitrogens with zero attached hydrogens (tertiary/aromatic N) is 4. The average Bonchev–Trinajstić information content (AvgIpc) is 2.52. The van der Waals surface area contributed by atoms with Crippen LogP contribution in [0.2, 0.25) is 0 Å². The highest BCUT2D eigenvalue weighted by Crippen LogP contribution is 2.18. The first-order valence-corrected chi connectivity index (χ1v) is 7.58. The molecule has 1 unspecified atom stereocenters. The van der Waals surface area contributed by atoms with E-state index in [1.165, 1.54) is 6.42 Å². The molecule has 1 aromatic heterocycles. The molecule has 0 bridgehead atoms. The van der Waals surface area contributed by atoms with Gasteiger partial charge < -0.3 is 15.3 Å². The van der Waals surface area contributed by atoms with Crippen LogP contribution >= 0.6 is 0 Å². The maximum absolute atomic E-state index is 9.24. The molecule has 0 amide bonds. The van der Waals surface area contributed by atoms with Crippen LogP contribution in [0.1, 0.15) is 39.0 Å². The lowest BCUT2D eigenvalue weighted by molar-refractivity contribution is 0.183. The van der Waals surface area contributed by atoms with E-state index >= 15 is 0 Å². The summed E-state index contributed by atoms with van der Waals surface area (Å²) in [6.45, 7) is 4.43. The molecule has 2 rings (SSSR count). The van der Waals surface area contributed by atoms with Crippen LogP contribution in [-0.2, 0) is 0 Å². The number of nitrogen functional groups attached to an aromatic ring is 1. The molecule has 1 fully saturated rings. The number of rotatable bonds is 7. The van der Waals surface area contributed by atoms with E-state index in [1.54, 1.807) is 6.92 Å². The van der Waals surface area contributed by atoms with Crippen LogP contribution in [0, 0.1) is 0 Å². The quantitative estimate of drug-likeness (QED) is 0.331. The summed E-state index contributed by atoms with van der Waals surface area (Å²) in [7, 11) is 0. The number of nitrogens with one attached hydrogen (secondary N) is 2. The van der Waals surface area contributed by atoms with Gasteiger partial charge in [-0.2, -0.15) is 15.0 Å². The smallest absolute Gasteiger partial charge is 0.243 e. The predicted molar refractivity (Wildman–Crippen MR) is 83.1 cm³/mol. The molecule has 2 heterocycles. The molecule has 0 aliphatic carbocycles. The Morgan fingerprint density at radius 3 is 2.57 bits per heavy atom. The van der Waals surface area contributed by atoms with Crippen LogP contribution in [0.5, 0.6) is 0 Å². The fourth-order valence-electron chi connectivity index (χ4n) is 2.34. The van der Waals surface area contributed by atoms with Crippen molar-refractivity contribution >= 4 is 17.8 Å². The SMILES string of the molecule is CC(O)CCCNc1nc(NN)nc(N2CCCCC2)n1. The van der Waals surface area contributed by atoms with Crippen molar-refractivity contribution in [1.29, 1.82) is 0 Å². The molecular formula is C13H25N7O. The third-order valence-corrected chi connectivity index (χ3v) is 3.47. The Morgan fingerprint density at radius 2 is 1.90 bits per heavy atom. The highest BCUT2D eigenvalue weighted by atomic mass is 16.3. The Balaban J connectivity index is 1.99. The van der Waals surface area contributed by atoms with Gasteiger partial charge in [0, 0.05) is 19.6 Å². The standard InChI is InChI=1S/C13H25N7O/c1-10(21)6-5-7-15-11-16-12(19-14)18-13(17-11)20-8-3-2-4-9-20/h10,21H,2-9,14H2,1H3,(H2,15,16,17,18,19). The molecule has 0 radical (unpaired) electrons. The summed E-state index contributed by atoms with van der Waals surface area (Å²) in [5, 5.41) is 12.4. The first-order valence-electron chi connectivity index (χ1n) is 7.58. The zero-order valence-electron chi connectivity index (χ0n) is 12.5. The first-order chi connectivity index (χ1) is 10.2. The van der Waals surface area contributed by atoms with Gasteiger partial charge in [-0.05, 0) is 39.0 Å². The first kappa shape index (κ1) is 15.7. The Bertz CT molecular complexity index is 435. The summed E-state index contributed by atoms with van der Waals surface area (Å²) in [4.78, 5) is 15.1. The second-order valence-corrected chi connectivity index (χ2v) is 5.39. The molecule has 118 valence electrons. The van der Waals surface area contributed by atoms with Crippen molar-refractivity contribution in [3.8, 4) is 0 Å². The number of nitrogens with two attached hydrogens (primary N) is 1. The van der Waals surface area contributed by atoms with E-state index in [2.05, 4.69) is 30.6 Å². The fourth-order valence-corrected chi connectivity index (χ4v) is 2.34. The summed E-state index contributed by atoms with van der Waals surface area (Å²) in [6, 6.07) is 0. The highest BCUT2D eigenvalue weighted by molar-refractivity contribution is 5.43. The summed E-state index contributed by atoms with van der Waals surface area (Å²) < 4.78 is 0. The van der Waals surface area contributed by atoms with Gasteiger partial charge in [0.05, 0.1) is 6.10 Å². The van der Waals surface area contributed by atoms with Gasteiger partial charge in [0.1, 0.15) is 0 Å². The van der Waals surface area contributed by atoms with Crippen LogP contribution < -0.4 is 21.5 Å². The van der Waals surface area contributed by atoms with E-state index in [4.69, 9.17) is 5.84 Å². The van der Waals surface area contributed by atoms with Crippen molar-refractivity contribution in [3.05, 3.63) is 0 Å². The molecule has 1 aromatic rings. The number of piperidine rings is 1. The van der Waals surface area contributed by atoms with Crippen molar-refractivity contribution in [3.63, 3.8) is 0 Å². The van der Waals surface area contributed by atoms with E-state index in [1.807, 2.05) is 0 Å². The molecule has 8 heteroatoms. The number of anilines is 3. The number of aliphatic hydroxyl groups is 1. The minimum Gasteiger partial charge on any atom is -0.393 e. The van der Waals surface area contributed by atoms with Gasteiger partial charge in [-0.1, -0.05) is 0 Å². The molecule has 1 aliphatic heterocycles.